The predicted molar refractivity (Wildman–Crippen MR) is 60.3 cm³/mol. The van der Waals surface area contributed by atoms with Gasteiger partial charge in [0.25, 0.3) is 0 Å². The highest BCUT2D eigenvalue weighted by molar-refractivity contribution is 6.31. The van der Waals surface area contributed by atoms with Crippen LogP contribution in [0.4, 0.5) is 4.39 Å². The summed E-state index contributed by atoms with van der Waals surface area (Å²) in [6.07, 6.45) is 4.72. The second-order valence-electron chi connectivity index (χ2n) is 4.24. The maximum atomic E-state index is 13.1. The monoisotopic (exact) mass is 227 g/mol. The van der Waals surface area contributed by atoms with E-state index in [-0.39, 0.29) is 11.9 Å². The summed E-state index contributed by atoms with van der Waals surface area (Å²) >= 11 is 6.02. The van der Waals surface area contributed by atoms with Gasteiger partial charge in [0.1, 0.15) is 5.82 Å². The molecular weight excluding hydrogens is 213 g/mol. The SMILES string of the molecule is NC(c1cc(F)ccc1Cl)C1CCCC1. The summed E-state index contributed by atoms with van der Waals surface area (Å²) in [6, 6.07) is 4.30. The van der Waals surface area contributed by atoms with Gasteiger partial charge in [0, 0.05) is 11.1 Å². The number of nitrogens with two attached hydrogens (primary N) is 1. The van der Waals surface area contributed by atoms with Gasteiger partial charge in [0.05, 0.1) is 0 Å². The molecule has 1 aromatic carbocycles. The minimum atomic E-state index is -0.261. The molecule has 3 heteroatoms. The van der Waals surface area contributed by atoms with Gasteiger partial charge in [-0.2, -0.15) is 0 Å². The Kier molecular flexibility index (Phi) is 3.27. The third kappa shape index (κ3) is 2.32. The molecule has 0 aliphatic heterocycles. The van der Waals surface area contributed by atoms with Gasteiger partial charge in [-0.3, -0.25) is 0 Å². The fourth-order valence-corrected chi connectivity index (χ4v) is 2.58. The fraction of sp³-hybridized carbons (Fsp3) is 0.500. The van der Waals surface area contributed by atoms with Crippen LogP contribution in [-0.2, 0) is 0 Å². The molecule has 0 spiro atoms. The van der Waals surface area contributed by atoms with Crippen molar-refractivity contribution in [1.82, 2.24) is 0 Å². The molecule has 1 aliphatic rings. The van der Waals surface area contributed by atoms with E-state index in [4.69, 9.17) is 17.3 Å². The molecule has 0 bridgehead atoms. The molecule has 0 amide bonds. The largest absolute Gasteiger partial charge is 0.324 e. The molecule has 0 aromatic heterocycles. The molecule has 1 atom stereocenters. The standard InChI is InChI=1S/C12H15ClFN/c13-11-6-5-9(14)7-10(11)12(15)8-3-1-2-4-8/h5-8,12H,1-4,15H2. The molecule has 0 radical (unpaired) electrons. The Balaban J connectivity index is 2.23. The molecule has 15 heavy (non-hydrogen) atoms. The van der Waals surface area contributed by atoms with E-state index in [1.165, 1.54) is 25.0 Å². The highest BCUT2D eigenvalue weighted by Gasteiger charge is 2.24. The predicted octanol–water partition coefficient (Wildman–Crippen LogP) is 3.67. The average molecular weight is 228 g/mol. The van der Waals surface area contributed by atoms with Gasteiger partial charge in [-0.25, -0.2) is 4.39 Å². The zero-order chi connectivity index (χ0) is 10.8. The van der Waals surface area contributed by atoms with Crippen molar-refractivity contribution in [3.05, 3.63) is 34.6 Å². The quantitative estimate of drug-likeness (QED) is 0.820. The molecule has 2 N–H and O–H groups in total. The number of rotatable bonds is 2. The van der Waals surface area contributed by atoms with E-state index >= 15 is 0 Å². The normalized spacial score (nSPS) is 19.4. The van der Waals surface area contributed by atoms with Crippen LogP contribution in [-0.4, -0.2) is 0 Å². The molecule has 2 rings (SSSR count). The lowest BCUT2D eigenvalue weighted by Gasteiger charge is -2.20. The second-order valence-corrected chi connectivity index (χ2v) is 4.64. The molecular formula is C12H15ClFN. The molecule has 0 saturated heterocycles. The highest BCUT2D eigenvalue weighted by atomic mass is 35.5. The summed E-state index contributed by atoms with van der Waals surface area (Å²) in [6.45, 7) is 0. The van der Waals surface area contributed by atoms with Crippen LogP contribution in [0.2, 0.25) is 5.02 Å². The van der Waals surface area contributed by atoms with Crippen LogP contribution in [0.5, 0.6) is 0 Å². The Morgan fingerprint density at radius 1 is 1.33 bits per heavy atom. The first-order valence-electron chi connectivity index (χ1n) is 5.39. The summed E-state index contributed by atoms with van der Waals surface area (Å²) in [4.78, 5) is 0. The molecule has 82 valence electrons. The van der Waals surface area contributed by atoms with Crippen LogP contribution in [0.3, 0.4) is 0 Å². The summed E-state index contributed by atoms with van der Waals surface area (Å²) in [5, 5.41) is 0.579. The van der Waals surface area contributed by atoms with Crippen molar-refractivity contribution >= 4 is 11.6 Å². The van der Waals surface area contributed by atoms with E-state index in [0.717, 1.165) is 18.4 Å². The van der Waals surface area contributed by atoms with Crippen molar-refractivity contribution in [3.8, 4) is 0 Å². The Labute approximate surface area is 94.4 Å². The van der Waals surface area contributed by atoms with E-state index in [9.17, 15) is 4.39 Å². The van der Waals surface area contributed by atoms with Crippen molar-refractivity contribution in [3.63, 3.8) is 0 Å². The van der Waals surface area contributed by atoms with E-state index in [2.05, 4.69) is 0 Å². The third-order valence-corrected chi connectivity index (χ3v) is 3.57. The maximum Gasteiger partial charge on any atom is 0.123 e. The van der Waals surface area contributed by atoms with E-state index in [1.807, 2.05) is 0 Å². The first-order chi connectivity index (χ1) is 7.18. The second kappa shape index (κ2) is 4.50. The van der Waals surface area contributed by atoms with Crippen LogP contribution < -0.4 is 5.73 Å². The summed E-state index contributed by atoms with van der Waals surface area (Å²) in [5.41, 5.74) is 6.87. The van der Waals surface area contributed by atoms with Gasteiger partial charge < -0.3 is 5.73 Å². The Bertz CT molecular complexity index is 347. The van der Waals surface area contributed by atoms with E-state index in [0.29, 0.717) is 10.9 Å². The van der Waals surface area contributed by atoms with Crippen molar-refractivity contribution in [2.24, 2.45) is 11.7 Å². The minimum Gasteiger partial charge on any atom is -0.324 e. The molecule has 1 aliphatic carbocycles. The summed E-state index contributed by atoms with van der Waals surface area (Å²) in [7, 11) is 0. The molecule has 0 heterocycles. The van der Waals surface area contributed by atoms with Gasteiger partial charge in [0.2, 0.25) is 0 Å². The van der Waals surface area contributed by atoms with E-state index < -0.39 is 0 Å². The molecule has 1 fully saturated rings. The summed E-state index contributed by atoms with van der Waals surface area (Å²) < 4.78 is 13.1. The molecule has 1 nitrogen and oxygen atoms in total. The van der Waals surface area contributed by atoms with Crippen LogP contribution in [0, 0.1) is 11.7 Å². The molecule has 1 unspecified atom stereocenters. The summed E-state index contributed by atoms with van der Waals surface area (Å²) in [5.74, 6) is 0.201. The number of hydrogen-bond donors (Lipinski definition) is 1. The first-order valence-corrected chi connectivity index (χ1v) is 5.77. The van der Waals surface area contributed by atoms with Crippen molar-refractivity contribution in [2.45, 2.75) is 31.7 Å². The van der Waals surface area contributed by atoms with Crippen LogP contribution >= 0.6 is 11.6 Å². The zero-order valence-electron chi connectivity index (χ0n) is 8.55. The van der Waals surface area contributed by atoms with Gasteiger partial charge >= 0.3 is 0 Å². The van der Waals surface area contributed by atoms with Crippen LogP contribution in [0.25, 0.3) is 0 Å². The van der Waals surface area contributed by atoms with Gasteiger partial charge in [0.15, 0.2) is 0 Å². The Morgan fingerprint density at radius 2 is 2.00 bits per heavy atom. The first kappa shape index (κ1) is 10.9. The van der Waals surface area contributed by atoms with Gasteiger partial charge in [-0.15, -0.1) is 0 Å². The lowest BCUT2D eigenvalue weighted by atomic mass is 9.92. The zero-order valence-corrected chi connectivity index (χ0v) is 9.30. The maximum absolute atomic E-state index is 13.1. The highest BCUT2D eigenvalue weighted by Crippen LogP contribution is 2.36. The Hall–Kier alpha value is -0.600. The van der Waals surface area contributed by atoms with Gasteiger partial charge in [-0.1, -0.05) is 24.4 Å². The van der Waals surface area contributed by atoms with Crippen molar-refractivity contribution in [1.29, 1.82) is 0 Å². The number of benzene rings is 1. The number of halogens is 2. The van der Waals surface area contributed by atoms with Crippen LogP contribution in [0.15, 0.2) is 18.2 Å². The average Bonchev–Trinajstić information content (AvgIpc) is 2.74. The van der Waals surface area contributed by atoms with Crippen LogP contribution in [0.1, 0.15) is 37.3 Å². The third-order valence-electron chi connectivity index (χ3n) is 3.22. The Morgan fingerprint density at radius 3 is 2.67 bits per heavy atom. The number of hydrogen-bond acceptors (Lipinski definition) is 1. The van der Waals surface area contributed by atoms with E-state index in [1.54, 1.807) is 6.07 Å². The lowest BCUT2D eigenvalue weighted by molar-refractivity contribution is 0.443. The fourth-order valence-electron chi connectivity index (χ4n) is 2.34. The smallest absolute Gasteiger partial charge is 0.123 e. The minimum absolute atomic E-state index is 0.115. The topological polar surface area (TPSA) is 26.0 Å². The molecule has 1 aromatic rings. The lowest BCUT2D eigenvalue weighted by Crippen LogP contribution is -2.19. The van der Waals surface area contributed by atoms with Gasteiger partial charge in [-0.05, 0) is 42.5 Å². The molecule has 1 saturated carbocycles. The van der Waals surface area contributed by atoms with Crippen molar-refractivity contribution < 1.29 is 4.39 Å². The van der Waals surface area contributed by atoms with Crippen molar-refractivity contribution in [2.75, 3.05) is 0 Å².